The van der Waals surface area contributed by atoms with Crippen molar-refractivity contribution in [2.45, 2.75) is 3.23 Å². The molecule has 0 spiro atoms. The Bertz CT molecular complexity index is 224. The summed E-state index contributed by atoms with van der Waals surface area (Å²) in [5, 5.41) is 0. The summed E-state index contributed by atoms with van der Waals surface area (Å²) >= 11 is 7.07. The lowest BCUT2D eigenvalue weighted by Crippen LogP contribution is -2.19. The van der Waals surface area contributed by atoms with Gasteiger partial charge in [0.1, 0.15) is 3.23 Å². The van der Waals surface area contributed by atoms with E-state index in [1.54, 1.807) is 0 Å². The van der Waals surface area contributed by atoms with E-state index in [-0.39, 0.29) is 3.23 Å². The van der Waals surface area contributed by atoms with Crippen LogP contribution in [0.1, 0.15) is 11.1 Å². The molecule has 0 saturated carbocycles. The SMILES string of the molecule is BrC1(Br)c2cccc1c2. The fraction of sp³-hybridized carbons (Fsp3) is 0.143. The summed E-state index contributed by atoms with van der Waals surface area (Å²) in [5.41, 5.74) is 2.61. The van der Waals surface area contributed by atoms with E-state index in [1.165, 1.54) is 11.1 Å². The number of benzene rings is 1. The summed E-state index contributed by atoms with van der Waals surface area (Å²) in [4.78, 5) is 0. The molecular formula is C7H4Br2. The van der Waals surface area contributed by atoms with Gasteiger partial charge in [-0.15, -0.1) is 0 Å². The lowest BCUT2D eigenvalue weighted by molar-refractivity contribution is 1.02. The smallest absolute Gasteiger partial charge is 0.0621 e. The minimum atomic E-state index is -0.00521. The lowest BCUT2D eigenvalue weighted by atomic mass is 9.93. The van der Waals surface area contributed by atoms with E-state index < -0.39 is 0 Å². The highest BCUT2D eigenvalue weighted by molar-refractivity contribution is 9.25. The fourth-order valence-electron chi connectivity index (χ4n) is 0.999. The Morgan fingerprint density at radius 2 is 1.67 bits per heavy atom. The molecule has 0 aliphatic heterocycles. The molecular weight excluding hydrogens is 244 g/mol. The molecule has 0 unspecified atom stereocenters. The van der Waals surface area contributed by atoms with Gasteiger partial charge in [-0.2, -0.15) is 0 Å². The van der Waals surface area contributed by atoms with Crippen LogP contribution in [0, 0.1) is 0 Å². The Kier molecular flexibility index (Phi) is 1.06. The molecule has 0 radical (unpaired) electrons. The van der Waals surface area contributed by atoms with Crippen LogP contribution in [0.3, 0.4) is 0 Å². The minimum Gasteiger partial charge on any atom is -0.0621 e. The van der Waals surface area contributed by atoms with Crippen LogP contribution in [0.5, 0.6) is 0 Å². The maximum atomic E-state index is 3.54. The zero-order valence-electron chi connectivity index (χ0n) is 4.57. The van der Waals surface area contributed by atoms with Gasteiger partial charge in [0.05, 0.1) is 0 Å². The van der Waals surface area contributed by atoms with Crippen LogP contribution in [0.4, 0.5) is 0 Å². The van der Waals surface area contributed by atoms with Gasteiger partial charge in [0.15, 0.2) is 0 Å². The van der Waals surface area contributed by atoms with Crippen molar-refractivity contribution in [1.82, 2.24) is 0 Å². The molecule has 2 bridgehead atoms. The summed E-state index contributed by atoms with van der Waals surface area (Å²) in [7, 11) is 0. The molecule has 0 fully saturated rings. The molecule has 0 heterocycles. The van der Waals surface area contributed by atoms with Crippen molar-refractivity contribution >= 4 is 31.9 Å². The first kappa shape index (κ1) is 5.93. The normalized spacial score (nSPS) is 18.9. The fourth-order valence-corrected chi connectivity index (χ4v) is 1.99. The van der Waals surface area contributed by atoms with Gasteiger partial charge in [0, 0.05) is 0 Å². The van der Waals surface area contributed by atoms with Crippen molar-refractivity contribution in [3.05, 3.63) is 35.4 Å². The van der Waals surface area contributed by atoms with Gasteiger partial charge in [-0.25, -0.2) is 0 Å². The summed E-state index contributed by atoms with van der Waals surface area (Å²) in [5.74, 6) is 0. The second-order valence-corrected chi connectivity index (χ2v) is 5.60. The average Bonchev–Trinajstić information content (AvgIpc) is 1.89. The Morgan fingerprint density at radius 1 is 1.11 bits per heavy atom. The van der Waals surface area contributed by atoms with E-state index in [9.17, 15) is 0 Å². The largest absolute Gasteiger partial charge is 0.130 e. The molecule has 0 amide bonds. The second kappa shape index (κ2) is 1.61. The van der Waals surface area contributed by atoms with Crippen molar-refractivity contribution in [3.63, 3.8) is 0 Å². The van der Waals surface area contributed by atoms with Gasteiger partial charge in [-0.1, -0.05) is 56.1 Å². The highest BCUT2D eigenvalue weighted by atomic mass is 79.9. The topological polar surface area (TPSA) is 0 Å². The van der Waals surface area contributed by atoms with E-state index in [1.807, 2.05) is 0 Å². The second-order valence-electron chi connectivity index (χ2n) is 2.16. The zero-order chi connectivity index (χ0) is 6.48. The molecule has 2 aliphatic carbocycles. The summed E-state index contributed by atoms with van der Waals surface area (Å²) in [6.07, 6.45) is 0. The van der Waals surface area contributed by atoms with Crippen molar-refractivity contribution in [2.24, 2.45) is 0 Å². The molecule has 0 N–H and O–H groups in total. The van der Waals surface area contributed by atoms with Crippen molar-refractivity contribution in [1.29, 1.82) is 0 Å². The highest BCUT2D eigenvalue weighted by Crippen LogP contribution is 2.51. The average molecular weight is 248 g/mol. The van der Waals surface area contributed by atoms with E-state index in [2.05, 4.69) is 56.1 Å². The first-order valence-electron chi connectivity index (χ1n) is 2.70. The maximum absolute atomic E-state index is 3.54. The zero-order valence-corrected chi connectivity index (χ0v) is 7.74. The summed E-state index contributed by atoms with van der Waals surface area (Å²) in [6.45, 7) is 0. The standard InChI is InChI=1S/C7H4Br2/c8-7(9)5-2-1-3-6(7)4-5/h1-4H. The lowest BCUT2D eigenvalue weighted by Gasteiger charge is -2.30. The minimum absolute atomic E-state index is 0.00521. The highest BCUT2D eigenvalue weighted by Gasteiger charge is 2.35. The van der Waals surface area contributed by atoms with E-state index in [4.69, 9.17) is 0 Å². The van der Waals surface area contributed by atoms with E-state index in [0.29, 0.717) is 0 Å². The van der Waals surface area contributed by atoms with Gasteiger partial charge in [0.25, 0.3) is 0 Å². The Labute approximate surface area is 70.5 Å². The van der Waals surface area contributed by atoms with Crippen molar-refractivity contribution in [2.75, 3.05) is 0 Å². The van der Waals surface area contributed by atoms with Crippen molar-refractivity contribution in [3.8, 4) is 0 Å². The number of hydrogen-bond acceptors (Lipinski definition) is 0. The predicted molar refractivity (Wildman–Crippen MR) is 45.1 cm³/mol. The molecule has 0 saturated heterocycles. The Morgan fingerprint density at radius 3 is 1.89 bits per heavy atom. The Hall–Kier alpha value is 0.180. The number of fused-ring (bicyclic) bond motifs is 2. The van der Waals surface area contributed by atoms with Crippen LogP contribution < -0.4 is 0 Å². The molecule has 2 aliphatic rings. The molecule has 46 valence electrons. The van der Waals surface area contributed by atoms with Gasteiger partial charge < -0.3 is 0 Å². The molecule has 3 rings (SSSR count). The van der Waals surface area contributed by atoms with Crippen LogP contribution in [0.2, 0.25) is 0 Å². The number of rotatable bonds is 0. The number of hydrogen-bond donors (Lipinski definition) is 0. The van der Waals surface area contributed by atoms with Gasteiger partial charge in [0.2, 0.25) is 0 Å². The van der Waals surface area contributed by atoms with E-state index in [0.717, 1.165) is 0 Å². The van der Waals surface area contributed by atoms with E-state index >= 15 is 0 Å². The summed E-state index contributed by atoms with van der Waals surface area (Å²) in [6, 6.07) is 8.40. The molecule has 9 heavy (non-hydrogen) atoms. The quantitative estimate of drug-likeness (QED) is 0.619. The van der Waals surface area contributed by atoms with Crippen molar-refractivity contribution < 1.29 is 0 Å². The third-order valence-corrected chi connectivity index (χ3v) is 3.42. The number of alkyl halides is 2. The van der Waals surface area contributed by atoms with Crippen LogP contribution >= 0.6 is 31.9 Å². The molecule has 0 atom stereocenters. The predicted octanol–water partition coefficient (Wildman–Crippen LogP) is 2.99. The van der Waals surface area contributed by atoms with Gasteiger partial charge >= 0.3 is 0 Å². The molecule has 0 nitrogen and oxygen atoms in total. The molecule has 0 aromatic heterocycles. The van der Waals surface area contributed by atoms with Gasteiger partial charge in [-0.05, 0) is 11.1 Å². The first-order valence-corrected chi connectivity index (χ1v) is 4.29. The van der Waals surface area contributed by atoms with Crippen LogP contribution in [-0.2, 0) is 3.23 Å². The van der Waals surface area contributed by atoms with Gasteiger partial charge in [-0.3, -0.25) is 0 Å². The number of halogens is 2. The third-order valence-electron chi connectivity index (χ3n) is 1.59. The summed E-state index contributed by atoms with van der Waals surface area (Å²) < 4.78 is -0.00521. The van der Waals surface area contributed by atoms with Crippen LogP contribution in [0.25, 0.3) is 0 Å². The first-order chi connectivity index (χ1) is 4.21. The third kappa shape index (κ3) is 0.635. The van der Waals surface area contributed by atoms with Crippen LogP contribution in [0.15, 0.2) is 24.3 Å². The molecule has 2 heteroatoms. The van der Waals surface area contributed by atoms with Crippen LogP contribution in [-0.4, -0.2) is 0 Å². The molecule has 1 aromatic carbocycles. The monoisotopic (exact) mass is 246 g/mol. The Balaban J connectivity index is 2.65. The molecule has 1 aromatic rings. The maximum Gasteiger partial charge on any atom is 0.130 e.